The second-order valence-electron chi connectivity index (χ2n) is 10.7. The van der Waals surface area contributed by atoms with Crippen LogP contribution in [0.25, 0.3) is 22.8 Å². The lowest BCUT2D eigenvalue weighted by atomic mass is 9.94. The van der Waals surface area contributed by atoms with Crippen LogP contribution in [0.15, 0.2) is 66.7 Å². The van der Waals surface area contributed by atoms with E-state index in [9.17, 15) is 9.59 Å². The summed E-state index contributed by atoms with van der Waals surface area (Å²) in [5, 5.41) is 0. The van der Waals surface area contributed by atoms with E-state index < -0.39 is 0 Å². The Balaban J connectivity index is 1.78. The van der Waals surface area contributed by atoms with Crippen molar-refractivity contribution in [1.29, 1.82) is 0 Å². The molecule has 5 nitrogen and oxygen atoms in total. The largest absolute Gasteiger partial charge is 0.497 e. The van der Waals surface area contributed by atoms with E-state index in [4.69, 9.17) is 9.47 Å². The van der Waals surface area contributed by atoms with Crippen molar-refractivity contribution in [1.82, 2.24) is 0 Å². The molecular weight excluding hydrogens is 498 g/mol. The molecule has 40 heavy (non-hydrogen) atoms. The first-order valence-electron chi connectivity index (χ1n) is 13.7. The number of imide groups is 1. The Morgan fingerprint density at radius 3 is 1.80 bits per heavy atom. The van der Waals surface area contributed by atoms with Crippen molar-refractivity contribution in [3.63, 3.8) is 0 Å². The van der Waals surface area contributed by atoms with Gasteiger partial charge in [0.25, 0.3) is 0 Å². The highest BCUT2D eigenvalue weighted by Gasteiger charge is 2.33. The summed E-state index contributed by atoms with van der Waals surface area (Å²) in [6, 6.07) is 22.5. The molecule has 5 heteroatoms. The summed E-state index contributed by atoms with van der Waals surface area (Å²) in [7, 11) is 3.32. The monoisotopic (exact) mass is 533 g/mol. The second kappa shape index (κ2) is 11.0. The predicted octanol–water partition coefficient (Wildman–Crippen LogP) is 7.79. The highest BCUT2D eigenvalue weighted by molar-refractivity contribution is 6.20. The average molecular weight is 534 g/mol. The van der Waals surface area contributed by atoms with Gasteiger partial charge in [0.05, 0.1) is 19.9 Å². The van der Waals surface area contributed by atoms with Gasteiger partial charge in [-0.3, -0.25) is 14.5 Å². The van der Waals surface area contributed by atoms with E-state index in [0.29, 0.717) is 5.69 Å². The highest BCUT2D eigenvalue weighted by Crippen LogP contribution is 2.43. The molecule has 1 aliphatic heterocycles. The van der Waals surface area contributed by atoms with Crippen molar-refractivity contribution in [2.24, 2.45) is 0 Å². The molecule has 0 atom stereocenters. The summed E-state index contributed by atoms with van der Waals surface area (Å²) in [6.45, 7) is 8.42. The minimum absolute atomic E-state index is 0.139. The van der Waals surface area contributed by atoms with Gasteiger partial charge in [-0.15, -0.1) is 0 Å². The van der Waals surface area contributed by atoms with Gasteiger partial charge in [-0.1, -0.05) is 50.2 Å². The normalized spacial score (nSPS) is 13.3. The van der Waals surface area contributed by atoms with Gasteiger partial charge in [0, 0.05) is 12.8 Å². The van der Waals surface area contributed by atoms with Gasteiger partial charge < -0.3 is 9.47 Å². The maximum absolute atomic E-state index is 12.9. The van der Waals surface area contributed by atoms with Crippen molar-refractivity contribution in [3.8, 4) is 22.6 Å². The number of anilines is 1. The molecule has 2 aromatic rings. The van der Waals surface area contributed by atoms with Crippen LogP contribution in [0.1, 0.15) is 66.0 Å². The Morgan fingerprint density at radius 1 is 0.800 bits per heavy atom. The number of hydrogen-bond donors (Lipinski definition) is 0. The molecule has 2 amide bonds. The molecule has 0 aromatic heterocycles. The Kier molecular flexibility index (Phi) is 7.49. The van der Waals surface area contributed by atoms with E-state index in [1.165, 1.54) is 4.90 Å². The van der Waals surface area contributed by atoms with Crippen molar-refractivity contribution >= 4 is 29.2 Å². The fraction of sp³-hybridized carbons (Fsp3) is 0.257. The van der Waals surface area contributed by atoms with Crippen LogP contribution in [0.4, 0.5) is 5.69 Å². The molecule has 0 N–H and O–H groups in total. The van der Waals surface area contributed by atoms with Crippen LogP contribution in [0.5, 0.6) is 11.5 Å². The number of nitrogens with zero attached hydrogens (tertiary/aromatic N) is 1. The SMILES string of the molecule is COc1ccc(C(=Cc2cc(C)c3cc(C(C)C)cc(N4C(=O)CCC4=O)c(C)c2-3)c2ccc(OC)cc2)cc1. The number of carbonyl (C=O) groups is 2. The number of aryl methyl sites for hydroxylation is 1. The zero-order valence-corrected chi connectivity index (χ0v) is 24.0. The maximum atomic E-state index is 12.9. The lowest BCUT2D eigenvalue weighted by Crippen LogP contribution is -2.29. The van der Waals surface area contributed by atoms with Crippen LogP contribution < -0.4 is 14.4 Å². The van der Waals surface area contributed by atoms with E-state index >= 15 is 0 Å². The lowest BCUT2D eigenvalue weighted by Gasteiger charge is -2.17. The van der Waals surface area contributed by atoms with Crippen LogP contribution in [-0.2, 0) is 9.59 Å². The summed E-state index contributed by atoms with van der Waals surface area (Å²) in [5.74, 6) is 1.53. The molecule has 204 valence electrons. The molecule has 0 radical (unpaired) electrons. The molecule has 1 fully saturated rings. The Hall–Kier alpha value is -4.38. The van der Waals surface area contributed by atoms with Gasteiger partial charge in [0.15, 0.2) is 0 Å². The minimum Gasteiger partial charge on any atom is -0.497 e. The molecule has 2 aliphatic carbocycles. The van der Waals surface area contributed by atoms with Crippen LogP contribution >= 0.6 is 0 Å². The van der Waals surface area contributed by atoms with E-state index in [0.717, 1.165) is 61.6 Å². The molecule has 1 saturated heterocycles. The second-order valence-corrected chi connectivity index (χ2v) is 10.7. The molecule has 0 saturated carbocycles. The molecular formula is C35H35NO4. The zero-order valence-electron chi connectivity index (χ0n) is 24.0. The van der Waals surface area contributed by atoms with Crippen molar-refractivity contribution in [2.45, 2.75) is 46.5 Å². The van der Waals surface area contributed by atoms with Gasteiger partial charge in [-0.2, -0.15) is 0 Å². The standard InChI is InChI=1S/C35H35NO4/c1-21(2)26-18-30-22(3)17-27(35(30)23(4)32(20-26)36-33(37)15-16-34(36)38)19-31(24-7-11-28(39-5)12-8-24)25-9-13-29(40-6)14-10-25/h7-14,17-21H,15-16H2,1-6H3. The Morgan fingerprint density at radius 2 is 1.32 bits per heavy atom. The third-order valence-corrected chi connectivity index (χ3v) is 7.79. The van der Waals surface area contributed by atoms with Gasteiger partial charge in [0.2, 0.25) is 11.8 Å². The zero-order chi connectivity index (χ0) is 28.6. The number of amides is 2. The summed E-state index contributed by atoms with van der Waals surface area (Å²) in [5.41, 5.74) is 10.2. The van der Waals surface area contributed by atoms with Gasteiger partial charge in [-0.05, 0) is 106 Å². The van der Waals surface area contributed by atoms with Gasteiger partial charge >= 0.3 is 0 Å². The van der Waals surface area contributed by atoms with Crippen molar-refractivity contribution in [2.75, 3.05) is 19.1 Å². The predicted molar refractivity (Wildman–Crippen MR) is 161 cm³/mol. The molecule has 2 aromatic carbocycles. The number of hydrogen-bond acceptors (Lipinski definition) is 4. The number of carbonyl (C=O) groups excluding carboxylic acids is 2. The van der Waals surface area contributed by atoms with Gasteiger partial charge in [0.1, 0.15) is 11.5 Å². The molecule has 0 bridgehead atoms. The fourth-order valence-electron chi connectivity index (χ4n) is 5.50. The number of benzene rings is 2. The van der Waals surface area contributed by atoms with Crippen molar-refractivity contribution in [3.05, 3.63) is 100 Å². The van der Waals surface area contributed by atoms with E-state index in [-0.39, 0.29) is 30.6 Å². The maximum Gasteiger partial charge on any atom is 0.234 e. The molecule has 5 rings (SSSR count). The molecule has 0 unspecified atom stereocenters. The van der Waals surface area contributed by atoms with Crippen LogP contribution in [0, 0.1) is 13.8 Å². The minimum atomic E-state index is -0.139. The van der Waals surface area contributed by atoms with E-state index in [1.807, 2.05) is 37.3 Å². The number of fused-ring (bicyclic) bond motifs is 1. The lowest BCUT2D eigenvalue weighted by molar-refractivity contribution is -0.121. The molecule has 1 heterocycles. The Labute approximate surface area is 236 Å². The third kappa shape index (κ3) is 5.00. The van der Waals surface area contributed by atoms with Crippen LogP contribution in [0.2, 0.25) is 0 Å². The third-order valence-electron chi connectivity index (χ3n) is 7.79. The highest BCUT2D eigenvalue weighted by atomic mass is 16.5. The Bertz CT molecular complexity index is 1510. The van der Waals surface area contributed by atoms with E-state index in [1.54, 1.807) is 14.2 Å². The van der Waals surface area contributed by atoms with Crippen LogP contribution in [0.3, 0.4) is 0 Å². The molecule has 0 spiro atoms. The summed E-state index contributed by atoms with van der Waals surface area (Å²) >= 11 is 0. The van der Waals surface area contributed by atoms with Gasteiger partial charge in [-0.25, -0.2) is 0 Å². The van der Waals surface area contributed by atoms with E-state index in [2.05, 4.69) is 63.2 Å². The van der Waals surface area contributed by atoms with Crippen LogP contribution in [-0.4, -0.2) is 26.0 Å². The number of methoxy groups -OCH3 is 2. The molecule has 3 aliphatic rings. The van der Waals surface area contributed by atoms with Crippen molar-refractivity contribution < 1.29 is 19.1 Å². The number of rotatable bonds is 7. The summed E-state index contributed by atoms with van der Waals surface area (Å²) in [6.07, 6.45) is 2.71. The average Bonchev–Trinajstić information content (AvgIpc) is 3.40. The first-order chi connectivity index (χ1) is 19.2. The fourth-order valence-corrected chi connectivity index (χ4v) is 5.50. The number of ether oxygens (including phenoxy) is 2. The first-order valence-corrected chi connectivity index (χ1v) is 13.7. The summed E-state index contributed by atoms with van der Waals surface area (Å²) in [4.78, 5) is 27.1. The topological polar surface area (TPSA) is 55.8 Å². The first kappa shape index (κ1) is 27.2. The smallest absolute Gasteiger partial charge is 0.234 e. The summed E-state index contributed by atoms with van der Waals surface area (Å²) < 4.78 is 10.8. The quantitative estimate of drug-likeness (QED) is 0.228.